The minimum atomic E-state index is -0.184. The van der Waals surface area contributed by atoms with Crippen molar-refractivity contribution in [2.45, 2.75) is 39.3 Å². The van der Waals surface area contributed by atoms with E-state index in [0.717, 1.165) is 25.2 Å². The Kier molecular flexibility index (Phi) is 6.68. The Labute approximate surface area is 143 Å². The number of nitrogens with zero attached hydrogens (tertiary/aromatic N) is 1. The summed E-state index contributed by atoms with van der Waals surface area (Å²) in [6.07, 6.45) is 0.918. The second kappa shape index (κ2) is 7.64. The van der Waals surface area contributed by atoms with Crippen molar-refractivity contribution >= 4 is 35.6 Å². The summed E-state index contributed by atoms with van der Waals surface area (Å²) in [7, 11) is 0. The van der Waals surface area contributed by atoms with Gasteiger partial charge in [-0.2, -0.15) is 0 Å². The van der Waals surface area contributed by atoms with Gasteiger partial charge in [-0.15, -0.1) is 12.4 Å². The second-order valence-corrected chi connectivity index (χ2v) is 6.97. The summed E-state index contributed by atoms with van der Waals surface area (Å²) in [5.41, 5.74) is 6.91. The number of likely N-dealkylation sites (tertiary alicyclic amines) is 1. The number of rotatable bonds is 3. The Hall–Kier alpha value is -0.810. The molecule has 6 heteroatoms. The van der Waals surface area contributed by atoms with Gasteiger partial charge in [0.1, 0.15) is 0 Å². The van der Waals surface area contributed by atoms with E-state index in [1.54, 1.807) is 12.1 Å². The van der Waals surface area contributed by atoms with E-state index in [9.17, 15) is 4.79 Å². The Morgan fingerprint density at radius 2 is 2.18 bits per heavy atom. The number of hydrogen-bond donors (Lipinski definition) is 2. The summed E-state index contributed by atoms with van der Waals surface area (Å²) in [5, 5.41) is 3.54. The third kappa shape index (κ3) is 4.59. The minimum Gasteiger partial charge on any atom is -0.327 e. The van der Waals surface area contributed by atoms with Crippen LogP contribution >= 0.6 is 24.0 Å². The number of nitrogens with two attached hydrogens (primary N) is 1. The normalized spacial score (nSPS) is 22.5. The molecule has 0 aliphatic carbocycles. The molecule has 3 N–H and O–H groups in total. The predicted molar refractivity (Wildman–Crippen MR) is 94.7 cm³/mol. The maximum Gasteiger partial charge on any atom is 0.241 e. The molecule has 1 aliphatic rings. The van der Waals surface area contributed by atoms with Gasteiger partial charge in [0.25, 0.3) is 0 Å². The molecule has 1 saturated heterocycles. The molecular formula is C16H25Cl2N3O. The average molecular weight is 346 g/mol. The first-order valence-corrected chi connectivity index (χ1v) is 7.73. The monoisotopic (exact) mass is 345 g/mol. The van der Waals surface area contributed by atoms with E-state index in [1.807, 2.05) is 19.1 Å². The topological polar surface area (TPSA) is 58.4 Å². The van der Waals surface area contributed by atoms with Crippen LogP contribution in [0.1, 0.15) is 27.2 Å². The van der Waals surface area contributed by atoms with Crippen molar-refractivity contribution in [2.75, 3.05) is 18.4 Å². The highest BCUT2D eigenvalue weighted by Crippen LogP contribution is 2.29. The van der Waals surface area contributed by atoms with E-state index in [1.165, 1.54) is 0 Å². The van der Waals surface area contributed by atoms with Crippen molar-refractivity contribution in [3.05, 3.63) is 29.3 Å². The summed E-state index contributed by atoms with van der Waals surface area (Å²) in [6.45, 7) is 7.94. The van der Waals surface area contributed by atoms with Crippen LogP contribution in [0.15, 0.2) is 24.3 Å². The van der Waals surface area contributed by atoms with Crippen LogP contribution < -0.4 is 11.1 Å². The fourth-order valence-electron chi connectivity index (χ4n) is 2.72. The highest BCUT2D eigenvalue weighted by atomic mass is 35.5. The predicted octanol–water partition coefficient (Wildman–Crippen LogP) is 3.15. The fraction of sp³-hybridized carbons (Fsp3) is 0.562. The minimum absolute atomic E-state index is 0. The number of anilines is 1. The standard InChI is InChI=1S/C16H24ClN3O.ClH/c1-11(20-8-7-14(18)16(2,3)10-20)15(21)19-13-6-4-5-12(17)9-13;/h4-6,9,11,14H,7-8,10,18H2,1-3H3,(H,19,21);1H. The number of hydrogen-bond acceptors (Lipinski definition) is 3. The highest BCUT2D eigenvalue weighted by molar-refractivity contribution is 6.30. The molecule has 124 valence electrons. The number of piperidine rings is 1. The highest BCUT2D eigenvalue weighted by Gasteiger charge is 2.36. The largest absolute Gasteiger partial charge is 0.327 e. The summed E-state index contributed by atoms with van der Waals surface area (Å²) in [6, 6.07) is 7.21. The molecule has 2 unspecified atom stereocenters. The molecule has 22 heavy (non-hydrogen) atoms. The molecular weight excluding hydrogens is 321 g/mol. The Morgan fingerprint density at radius 1 is 1.50 bits per heavy atom. The molecule has 2 atom stereocenters. The van der Waals surface area contributed by atoms with E-state index in [2.05, 4.69) is 24.1 Å². The average Bonchev–Trinajstić information content (AvgIpc) is 2.41. The van der Waals surface area contributed by atoms with Gasteiger partial charge >= 0.3 is 0 Å². The van der Waals surface area contributed by atoms with Crippen molar-refractivity contribution in [3.8, 4) is 0 Å². The van der Waals surface area contributed by atoms with Crippen LogP contribution in [-0.2, 0) is 4.79 Å². The second-order valence-electron chi connectivity index (χ2n) is 6.53. The molecule has 1 heterocycles. The van der Waals surface area contributed by atoms with Gasteiger partial charge in [-0.05, 0) is 37.0 Å². The van der Waals surface area contributed by atoms with Gasteiger partial charge in [0.05, 0.1) is 6.04 Å². The maximum atomic E-state index is 12.4. The molecule has 1 aliphatic heterocycles. The third-order valence-electron chi connectivity index (χ3n) is 4.36. The zero-order valence-corrected chi connectivity index (χ0v) is 14.9. The number of nitrogens with one attached hydrogen (secondary N) is 1. The zero-order chi connectivity index (χ0) is 15.6. The summed E-state index contributed by atoms with van der Waals surface area (Å²) >= 11 is 5.93. The first-order chi connectivity index (χ1) is 9.79. The van der Waals surface area contributed by atoms with Crippen LogP contribution in [0.5, 0.6) is 0 Å². The lowest BCUT2D eigenvalue weighted by molar-refractivity contribution is -0.122. The first kappa shape index (κ1) is 19.2. The van der Waals surface area contributed by atoms with Gasteiger partial charge in [0, 0.05) is 29.8 Å². The molecule has 1 fully saturated rings. The van der Waals surface area contributed by atoms with Crippen LogP contribution in [0.3, 0.4) is 0 Å². The summed E-state index contributed by atoms with van der Waals surface area (Å²) < 4.78 is 0. The molecule has 1 amide bonds. The smallest absolute Gasteiger partial charge is 0.241 e. The Bertz CT molecular complexity index is 522. The molecule has 1 aromatic rings. The molecule has 2 rings (SSSR count). The Morgan fingerprint density at radius 3 is 2.77 bits per heavy atom. The lowest BCUT2D eigenvalue weighted by Crippen LogP contribution is -2.56. The van der Waals surface area contributed by atoms with Crippen LogP contribution in [-0.4, -0.2) is 36.0 Å². The fourth-order valence-corrected chi connectivity index (χ4v) is 2.92. The number of carbonyl (C=O) groups is 1. The summed E-state index contributed by atoms with van der Waals surface area (Å²) in [4.78, 5) is 14.6. The number of amides is 1. The molecule has 0 bridgehead atoms. The van der Waals surface area contributed by atoms with Crippen molar-refractivity contribution in [2.24, 2.45) is 11.1 Å². The van der Waals surface area contributed by atoms with Gasteiger partial charge in [0.15, 0.2) is 0 Å². The van der Waals surface area contributed by atoms with Gasteiger partial charge in [-0.1, -0.05) is 31.5 Å². The van der Waals surface area contributed by atoms with Gasteiger partial charge < -0.3 is 11.1 Å². The number of halogens is 2. The van der Waals surface area contributed by atoms with Gasteiger partial charge in [-0.25, -0.2) is 0 Å². The van der Waals surface area contributed by atoms with Crippen LogP contribution in [0.2, 0.25) is 5.02 Å². The SMILES string of the molecule is CC(C(=O)Nc1cccc(Cl)c1)N1CCC(N)C(C)(C)C1.Cl. The molecule has 4 nitrogen and oxygen atoms in total. The Balaban J connectivity index is 0.00000242. The third-order valence-corrected chi connectivity index (χ3v) is 4.60. The molecule has 1 aromatic carbocycles. The van der Waals surface area contributed by atoms with Gasteiger partial charge in [-0.3, -0.25) is 9.69 Å². The lowest BCUT2D eigenvalue weighted by Gasteiger charge is -2.44. The molecule has 0 spiro atoms. The summed E-state index contributed by atoms with van der Waals surface area (Å²) in [5.74, 6) is -0.0106. The lowest BCUT2D eigenvalue weighted by atomic mass is 9.79. The van der Waals surface area contributed by atoms with Crippen LogP contribution in [0, 0.1) is 5.41 Å². The van der Waals surface area contributed by atoms with Crippen LogP contribution in [0.25, 0.3) is 0 Å². The van der Waals surface area contributed by atoms with Crippen molar-refractivity contribution in [3.63, 3.8) is 0 Å². The van der Waals surface area contributed by atoms with E-state index in [4.69, 9.17) is 17.3 Å². The van der Waals surface area contributed by atoms with E-state index in [-0.39, 0.29) is 35.8 Å². The van der Waals surface area contributed by atoms with Crippen molar-refractivity contribution < 1.29 is 4.79 Å². The van der Waals surface area contributed by atoms with E-state index >= 15 is 0 Å². The van der Waals surface area contributed by atoms with Crippen LogP contribution in [0.4, 0.5) is 5.69 Å². The van der Waals surface area contributed by atoms with E-state index < -0.39 is 0 Å². The maximum absolute atomic E-state index is 12.4. The molecule has 0 aromatic heterocycles. The zero-order valence-electron chi connectivity index (χ0n) is 13.3. The number of benzene rings is 1. The first-order valence-electron chi connectivity index (χ1n) is 7.35. The molecule has 0 radical (unpaired) electrons. The van der Waals surface area contributed by atoms with E-state index in [0.29, 0.717) is 5.02 Å². The number of carbonyl (C=O) groups excluding carboxylic acids is 1. The quantitative estimate of drug-likeness (QED) is 0.884. The molecule has 0 saturated carbocycles. The van der Waals surface area contributed by atoms with Gasteiger partial charge in [0.2, 0.25) is 5.91 Å². The van der Waals surface area contributed by atoms with Crippen molar-refractivity contribution in [1.29, 1.82) is 0 Å². The van der Waals surface area contributed by atoms with Crippen molar-refractivity contribution in [1.82, 2.24) is 4.90 Å².